The zero-order chi connectivity index (χ0) is 19.8. The smallest absolute Gasteiger partial charge is 0.363 e. The molecular formula is C17H17F4N5S. The largest absolute Gasteiger partial charge is 0.446 e. The highest BCUT2D eigenvalue weighted by Crippen LogP contribution is 2.39. The number of anilines is 1. The Balaban J connectivity index is 1.94. The zero-order valence-corrected chi connectivity index (χ0v) is 15.6. The van der Waals surface area contributed by atoms with E-state index in [4.69, 9.17) is 0 Å². The van der Waals surface area contributed by atoms with Gasteiger partial charge in [-0.25, -0.2) is 9.37 Å². The summed E-state index contributed by atoms with van der Waals surface area (Å²) in [5, 5.41) is 7.40. The minimum atomic E-state index is -4.54. The molecule has 2 heterocycles. The Labute approximate surface area is 157 Å². The zero-order valence-electron chi connectivity index (χ0n) is 14.8. The van der Waals surface area contributed by atoms with Crippen molar-refractivity contribution in [3.8, 4) is 0 Å². The monoisotopic (exact) mass is 399 g/mol. The van der Waals surface area contributed by atoms with Crippen LogP contribution in [-0.4, -0.2) is 25.1 Å². The minimum Gasteiger partial charge on any atom is -0.363 e. The summed E-state index contributed by atoms with van der Waals surface area (Å²) in [7, 11) is 0. The molecule has 27 heavy (non-hydrogen) atoms. The predicted octanol–water partition coefficient (Wildman–Crippen LogP) is 4.99. The van der Waals surface area contributed by atoms with E-state index < -0.39 is 28.0 Å². The molecule has 1 atom stereocenters. The maximum Gasteiger partial charge on any atom is 0.446 e. The third-order valence-electron chi connectivity index (χ3n) is 3.89. The Morgan fingerprint density at radius 3 is 2.56 bits per heavy atom. The van der Waals surface area contributed by atoms with Crippen LogP contribution in [0.15, 0.2) is 35.5 Å². The molecule has 0 spiro atoms. The first-order valence-corrected chi connectivity index (χ1v) is 8.95. The van der Waals surface area contributed by atoms with Crippen molar-refractivity contribution in [1.29, 1.82) is 0 Å². The number of benzene rings is 1. The van der Waals surface area contributed by atoms with Crippen LogP contribution in [0, 0.1) is 18.7 Å². The molecule has 10 heteroatoms. The SMILES string of the molecule is Cc1cc(NC(c2ccc(SC(F)(F)F)c(F)c2)C(C)C)n2ncnc2n1. The number of rotatable bonds is 5. The fourth-order valence-electron chi connectivity index (χ4n) is 2.75. The number of nitrogens with zero attached hydrogens (tertiary/aromatic N) is 4. The summed E-state index contributed by atoms with van der Waals surface area (Å²) in [6.45, 7) is 5.67. The number of hydrogen-bond donors (Lipinski definition) is 1. The van der Waals surface area contributed by atoms with Gasteiger partial charge in [0.05, 0.1) is 10.9 Å². The number of hydrogen-bond acceptors (Lipinski definition) is 5. The Kier molecular flexibility index (Phi) is 5.27. The third kappa shape index (κ3) is 4.49. The number of alkyl halides is 3. The molecule has 0 amide bonds. The van der Waals surface area contributed by atoms with Gasteiger partial charge >= 0.3 is 5.51 Å². The average Bonchev–Trinajstić information content (AvgIpc) is 3.01. The first-order valence-electron chi connectivity index (χ1n) is 8.13. The molecule has 1 N–H and O–H groups in total. The van der Waals surface area contributed by atoms with E-state index in [1.165, 1.54) is 16.9 Å². The topological polar surface area (TPSA) is 55.1 Å². The Morgan fingerprint density at radius 2 is 1.93 bits per heavy atom. The lowest BCUT2D eigenvalue weighted by Crippen LogP contribution is -2.19. The number of halogens is 4. The lowest BCUT2D eigenvalue weighted by molar-refractivity contribution is -0.0329. The van der Waals surface area contributed by atoms with Crippen LogP contribution in [0.25, 0.3) is 5.78 Å². The summed E-state index contributed by atoms with van der Waals surface area (Å²) in [5.41, 5.74) is -3.27. The van der Waals surface area contributed by atoms with Gasteiger partial charge in [0.15, 0.2) is 0 Å². The molecule has 144 valence electrons. The summed E-state index contributed by atoms with van der Waals surface area (Å²) in [5.74, 6) is 0.155. The van der Waals surface area contributed by atoms with Gasteiger partial charge in [0.25, 0.3) is 5.78 Å². The van der Waals surface area contributed by atoms with E-state index in [0.29, 0.717) is 17.2 Å². The fraction of sp³-hybridized carbons (Fsp3) is 0.353. The lowest BCUT2D eigenvalue weighted by Gasteiger charge is -2.24. The van der Waals surface area contributed by atoms with E-state index >= 15 is 0 Å². The van der Waals surface area contributed by atoms with Crippen molar-refractivity contribution in [2.45, 2.75) is 37.2 Å². The summed E-state index contributed by atoms with van der Waals surface area (Å²) in [6.07, 6.45) is 1.38. The van der Waals surface area contributed by atoms with E-state index in [0.717, 1.165) is 17.8 Å². The molecule has 5 nitrogen and oxygen atoms in total. The van der Waals surface area contributed by atoms with Crippen LogP contribution < -0.4 is 5.32 Å². The number of aryl methyl sites for hydroxylation is 1. The summed E-state index contributed by atoms with van der Waals surface area (Å²) < 4.78 is 53.3. The van der Waals surface area contributed by atoms with Crippen LogP contribution in [-0.2, 0) is 0 Å². The second-order valence-corrected chi connectivity index (χ2v) is 7.47. The van der Waals surface area contributed by atoms with Crippen molar-refractivity contribution < 1.29 is 17.6 Å². The van der Waals surface area contributed by atoms with Crippen LogP contribution in [0.3, 0.4) is 0 Å². The molecule has 0 aliphatic heterocycles. The molecule has 0 aliphatic carbocycles. The van der Waals surface area contributed by atoms with Crippen molar-refractivity contribution in [2.24, 2.45) is 5.92 Å². The van der Waals surface area contributed by atoms with Crippen LogP contribution in [0.5, 0.6) is 0 Å². The number of aromatic nitrogens is 4. The van der Waals surface area contributed by atoms with Gasteiger partial charge in [-0.3, -0.25) is 0 Å². The van der Waals surface area contributed by atoms with Crippen molar-refractivity contribution in [3.05, 3.63) is 47.7 Å². The van der Waals surface area contributed by atoms with Crippen molar-refractivity contribution in [3.63, 3.8) is 0 Å². The number of nitrogens with one attached hydrogen (secondary N) is 1. The molecule has 0 bridgehead atoms. The average molecular weight is 399 g/mol. The van der Waals surface area contributed by atoms with E-state index in [1.54, 1.807) is 6.07 Å². The minimum absolute atomic E-state index is 0.0255. The quantitative estimate of drug-likeness (QED) is 0.484. The summed E-state index contributed by atoms with van der Waals surface area (Å²) >= 11 is -0.461. The molecule has 0 aliphatic rings. The van der Waals surface area contributed by atoms with Gasteiger partial charge in [0, 0.05) is 11.8 Å². The van der Waals surface area contributed by atoms with Gasteiger partial charge in [-0.2, -0.15) is 27.8 Å². The second-order valence-electron chi connectivity index (χ2n) is 6.36. The molecule has 3 aromatic rings. The summed E-state index contributed by atoms with van der Waals surface area (Å²) in [4.78, 5) is 7.87. The Bertz CT molecular complexity index is 954. The first-order chi connectivity index (χ1) is 12.6. The van der Waals surface area contributed by atoms with Crippen molar-refractivity contribution in [1.82, 2.24) is 19.6 Å². The molecular weight excluding hydrogens is 382 g/mol. The highest BCUT2D eigenvalue weighted by molar-refractivity contribution is 8.00. The first kappa shape index (κ1) is 19.4. The normalized spacial score (nSPS) is 13.3. The highest BCUT2D eigenvalue weighted by atomic mass is 32.2. The van der Waals surface area contributed by atoms with Crippen LogP contribution in [0.2, 0.25) is 0 Å². The van der Waals surface area contributed by atoms with E-state index in [1.807, 2.05) is 20.8 Å². The van der Waals surface area contributed by atoms with E-state index in [2.05, 4.69) is 20.4 Å². The van der Waals surface area contributed by atoms with E-state index in [9.17, 15) is 17.6 Å². The standard InChI is InChI=1S/C17H17F4N5S/c1-9(2)15(11-4-5-13(12(18)7-11)27-17(19,20)21)25-14-6-10(3)24-16-22-8-23-26(14)16/h4-9,15,25H,1-3H3. The van der Waals surface area contributed by atoms with Crippen LogP contribution in [0.1, 0.15) is 31.1 Å². The Morgan fingerprint density at radius 1 is 1.19 bits per heavy atom. The van der Waals surface area contributed by atoms with Gasteiger partial charge < -0.3 is 5.32 Å². The maximum atomic E-state index is 14.2. The van der Waals surface area contributed by atoms with Gasteiger partial charge in [-0.1, -0.05) is 19.9 Å². The van der Waals surface area contributed by atoms with Gasteiger partial charge in [-0.15, -0.1) is 0 Å². The lowest BCUT2D eigenvalue weighted by atomic mass is 9.96. The number of thioether (sulfide) groups is 1. The summed E-state index contributed by atoms with van der Waals surface area (Å²) in [6, 6.07) is 5.22. The predicted molar refractivity (Wildman–Crippen MR) is 95.0 cm³/mol. The van der Waals surface area contributed by atoms with Gasteiger partial charge in [0.1, 0.15) is 18.0 Å². The molecule has 0 saturated carbocycles. The molecule has 0 saturated heterocycles. The fourth-order valence-corrected chi connectivity index (χ4v) is 3.29. The molecule has 3 rings (SSSR count). The highest BCUT2D eigenvalue weighted by Gasteiger charge is 2.31. The van der Waals surface area contributed by atoms with Crippen LogP contribution >= 0.6 is 11.8 Å². The second kappa shape index (κ2) is 7.34. The third-order valence-corrected chi connectivity index (χ3v) is 4.67. The molecule has 1 unspecified atom stereocenters. The Hall–Kier alpha value is -2.36. The molecule has 0 radical (unpaired) electrons. The van der Waals surface area contributed by atoms with Crippen molar-refractivity contribution in [2.75, 3.05) is 5.32 Å². The van der Waals surface area contributed by atoms with Crippen molar-refractivity contribution >= 4 is 23.4 Å². The van der Waals surface area contributed by atoms with Crippen LogP contribution in [0.4, 0.5) is 23.4 Å². The van der Waals surface area contributed by atoms with E-state index in [-0.39, 0.29) is 12.0 Å². The molecule has 0 fully saturated rings. The van der Waals surface area contributed by atoms with Gasteiger partial charge in [-0.05, 0) is 42.3 Å². The molecule has 1 aromatic carbocycles. The molecule has 2 aromatic heterocycles. The maximum absolute atomic E-state index is 14.2. The van der Waals surface area contributed by atoms with Gasteiger partial charge in [0.2, 0.25) is 0 Å². The number of fused-ring (bicyclic) bond motifs is 1.